The van der Waals surface area contributed by atoms with Crippen LogP contribution in [0.4, 0.5) is 5.69 Å². The van der Waals surface area contributed by atoms with Crippen LogP contribution in [-0.4, -0.2) is 14.3 Å². The van der Waals surface area contributed by atoms with Crippen LogP contribution in [0.1, 0.15) is 15.9 Å². The first-order chi connectivity index (χ1) is 12.4. The molecular formula is C20H14INO3S. The number of carbonyl (C=O) groups excluding carboxylic acids is 1. The van der Waals surface area contributed by atoms with Crippen molar-refractivity contribution < 1.29 is 13.2 Å². The summed E-state index contributed by atoms with van der Waals surface area (Å²) in [7, 11) is -3.98. The summed E-state index contributed by atoms with van der Waals surface area (Å²) in [5, 5.41) is 0. The third kappa shape index (κ3) is 2.64. The molecule has 0 unspecified atom stereocenters. The van der Waals surface area contributed by atoms with Crippen molar-refractivity contribution in [3.8, 4) is 11.1 Å². The lowest BCUT2D eigenvalue weighted by Gasteiger charge is -2.30. The Morgan fingerprint density at radius 2 is 1.62 bits per heavy atom. The summed E-state index contributed by atoms with van der Waals surface area (Å²) in [5.41, 5.74) is 3.09. The SMILES string of the molecule is Cc1ccc2c(c1)-c1ccccc1S(=O)(=O)N2C(=O)c1ccc(I)cc1. The Morgan fingerprint density at radius 3 is 2.35 bits per heavy atom. The maximum atomic E-state index is 13.2. The van der Waals surface area contributed by atoms with E-state index < -0.39 is 15.9 Å². The Morgan fingerprint density at radius 1 is 0.923 bits per heavy atom. The number of anilines is 1. The van der Waals surface area contributed by atoms with Gasteiger partial charge in [0.15, 0.2) is 0 Å². The highest BCUT2D eigenvalue weighted by atomic mass is 127. The van der Waals surface area contributed by atoms with Gasteiger partial charge in [-0.05, 0) is 72.0 Å². The van der Waals surface area contributed by atoms with Gasteiger partial charge < -0.3 is 0 Å². The summed E-state index contributed by atoms with van der Waals surface area (Å²) in [6, 6.07) is 19.1. The molecule has 4 rings (SSSR count). The van der Waals surface area contributed by atoms with E-state index in [1.807, 2.05) is 19.1 Å². The molecule has 1 heterocycles. The highest BCUT2D eigenvalue weighted by Crippen LogP contribution is 2.43. The topological polar surface area (TPSA) is 54.5 Å². The molecule has 0 aliphatic carbocycles. The number of hydrogen-bond acceptors (Lipinski definition) is 3. The Kier molecular flexibility index (Phi) is 4.11. The molecule has 3 aromatic rings. The number of hydrogen-bond donors (Lipinski definition) is 0. The number of aryl methyl sites for hydroxylation is 1. The third-order valence-electron chi connectivity index (χ3n) is 4.34. The third-order valence-corrected chi connectivity index (χ3v) is 6.82. The standard InChI is InChI=1S/C20H14INO3S/c1-13-6-11-18-17(12-13)16-4-2-3-5-19(16)26(24,25)22(18)20(23)14-7-9-15(21)10-8-14/h2-12H,1H3. The average molecular weight is 475 g/mol. The maximum Gasteiger partial charge on any atom is 0.272 e. The van der Waals surface area contributed by atoms with Crippen LogP contribution in [-0.2, 0) is 10.0 Å². The summed E-state index contributed by atoms with van der Waals surface area (Å²) in [6.07, 6.45) is 0. The molecule has 0 aromatic heterocycles. The summed E-state index contributed by atoms with van der Waals surface area (Å²) < 4.78 is 28.4. The van der Waals surface area contributed by atoms with Gasteiger partial charge >= 0.3 is 0 Å². The Hall–Kier alpha value is -2.19. The second-order valence-corrected chi connectivity index (χ2v) is 9.10. The lowest BCUT2D eigenvalue weighted by atomic mass is 10.0. The number of amides is 1. The van der Waals surface area contributed by atoms with Gasteiger partial charge in [-0.2, -0.15) is 4.31 Å². The van der Waals surface area contributed by atoms with E-state index in [4.69, 9.17) is 0 Å². The van der Waals surface area contributed by atoms with E-state index in [1.165, 1.54) is 0 Å². The average Bonchev–Trinajstić information content (AvgIpc) is 2.63. The van der Waals surface area contributed by atoms with Crippen LogP contribution < -0.4 is 4.31 Å². The van der Waals surface area contributed by atoms with Gasteiger partial charge in [-0.1, -0.05) is 29.8 Å². The van der Waals surface area contributed by atoms with Crippen molar-refractivity contribution in [2.45, 2.75) is 11.8 Å². The van der Waals surface area contributed by atoms with Crippen LogP contribution in [0.3, 0.4) is 0 Å². The van der Waals surface area contributed by atoms with Crippen LogP contribution >= 0.6 is 22.6 Å². The van der Waals surface area contributed by atoms with Crippen molar-refractivity contribution in [3.63, 3.8) is 0 Å². The van der Waals surface area contributed by atoms with Crippen LogP contribution in [0.5, 0.6) is 0 Å². The first-order valence-corrected chi connectivity index (χ1v) is 10.5. The first-order valence-electron chi connectivity index (χ1n) is 7.95. The second-order valence-electron chi connectivity index (χ2n) is 6.10. The zero-order valence-corrected chi connectivity index (χ0v) is 16.8. The number of carbonyl (C=O) groups is 1. The van der Waals surface area contributed by atoms with Crippen LogP contribution in [0.25, 0.3) is 11.1 Å². The minimum absolute atomic E-state index is 0.150. The van der Waals surface area contributed by atoms with E-state index >= 15 is 0 Å². The molecule has 6 heteroatoms. The molecule has 1 amide bonds. The molecular weight excluding hydrogens is 461 g/mol. The first kappa shape index (κ1) is 17.2. The Bertz CT molecular complexity index is 1140. The quantitative estimate of drug-likeness (QED) is 0.483. The lowest BCUT2D eigenvalue weighted by Crippen LogP contribution is -2.39. The Labute approximate surface area is 165 Å². The molecule has 3 aromatic carbocycles. The van der Waals surface area contributed by atoms with Crippen molar-refractivity contribution in [1.82, 2.24) is 0 Å². The molecule has 0 bridgehead atoms. The molecule has 1 aliphatic heterocycles. The maximum absolute atomic E-state index is 13.2. The zero-order valence-electron chi connectivity index (χ0n) is 13.8. The minimum atomic E-state index is -3.98. The van der Waals surface area contributed by atoms with Gasteiger partial charge in [-0.25, -0.2) is 8.42 Å². The zero-order chi connectivity index (χ0) is 18.5. The molecule has 1 aliphatic rings. The lowest BCUT2D eigenvalue weighted by molar-refractivity contribution is 0.101. The molecule has 0 radical (unpaired) electrons. The number of halogens is 1. The van der Waals surface area contributed by atoms with Crippen molar-refractivity contribution >= 4 is 44.2 Å². The molecule has 0 saturated heterocycles. The minimum Gasteiger partial charge on any atom is -0.268 e. The van der Waals surface area contributed by atoms with Gasteiger partial charge in [-0.3, -0.25) is 4.79 Å². The van der Waals surface area contributed by atoms with Crippen molar-refractivity contribution in [1.29, 1.82) is 0 Å². The molecule has 130 valence electrons. The number of fused-ring (bicyclic) bond motifs is 3. The van der Waals surface area contributed by atoms with Gasteiger partial charge in [0.05, 0.1) is 10.6 Å². The van der Waals surface area contributed by atoms with E-state index in [9.17, 15) is 13.2 Å². The Balaban J connectivity index is 1.98. The van der Waals surface area contributed by atoms with Gasteiger partial charge in [0.25, 0.3) is 15.9 Å². The monoisotopic (exact) mass is 475 g/mol. The molecule has 0 atom stereocenters. The van der Waals surface area contributed by atoms with Crippen LogP contribution in [0.2, 0.25) is 0 Å². The predicted molar refractivity (Wildman–Crippen MR) is 110 cm³/mol. The highest BCUT2D eigenvalue weighted by Gasteiger charge is 2.39. The van der Waals surface area contributed by atoms with Crippen molar-refractivity contribution in [2.75, 3.05) is 4.31 Å². The van der Waals surface area contributed by atoms with E-state index in [2.05, 4.69) is 22.6 Å². The summed E-state index contributed by atoms with van der Waals surface area (Å²) >= 11 is 2.14. The fourth-order valence-corrected chi connectivity index (χ4v) is 5.12. The van der Waals surface area contributed by atoms with E-state index in [1.54, 1.807) is 54.6 Å². The normalized spacial score (nSPS) is 14.5. The number of nitrogens with zero attached hydrogens (tertiary/aromatic N) is 1. The van der Waals surface area contributed by atoms with Crippen molar-refractivity contribution in [2.24, 2.45) is 0 Å². The fraction of sp³-hybridized carbons (Fsp3) is 0.0500. The molecule has 4 nitrogen and oxygen atoms in total. The summed E-state index contributed by atoms with van der Waals surface area (Å²) in [5.74, 6) is -0.555. The summed E-state index contributed by atoms with van der Waals surface area (Å²) in [4.78, 5) is 13.3. The number of rotatable bonds is 1. The molecule has 0 fully saturated rings. The molecule has 0 spiro atoms. The largest absolute Gasteiger partial charge is 0.272 e. The van der Waals surface area contributed by atoms with Crippen LogP contribution in [0, 0.1) is 10.5 Å². The van der Waals surface area contributed by atoms with Crippen LogP contribution in [0.15, 0.2) is 71.6 Å². The second kappa shape index (κ2) is 6.21. The molecule has 26 heavy (non-hydrogen) atoms. The fourth-order valence-electron chi connectivity index (χ4n) is 3.11. The highest BCUT2D eigenvalue weighted by molar-refractivity contribution is 14.1. The van der Waals surface area contributed by atoms with Gasteiger partial charge in [0, 0.05) is 20.3 Å². The number of sulfonamides is 1. The van der Waals surface area contributed by atoms with Gasteiger partial charge in [0.1, 0.15) is 0 Å². The van der Waals surface area contributed by atoms with E-state index in [-0.39, 0.29) is 4.90 Å². The van der Waals surface area contributed by atoms with Crippen molar-refractivity contribution in [3.05, 3.63) is 81.4 Å². The van der Waals surface area contributed by atoms with E-state index in [0.717, 1.165) is 19.0 Å². The van der Waals surface area contributed by atoms with Gasteiger partial charge in [-0.15, -0.1) is 0 Å². The number of benzene rings is 3. The predicted octanol–water partition coefficient (Wildman–Crippen LogP) is 4.62. The molecule has 0 saturated carbocycles. The smallest absolute Gasteiger partial charge is 0.268 e. The van der Waals surface area contributed by atoms with Gasteiger partial charge in [0.2, 0.25) is 0 Å². The summed E-state index contributed by atoms with van der Waals surface area (Å²) in [6.45, 7) is 1.94. The molecule has 0 N–H and O–H groups in total. The van der Waals surface area contributed by atoms with E-state index in [0.29, 0.717) is 16.8 Å².